The summed E-state index contributed by atoms with van der Waals surface area (Å²) < 4.78 is 5.54. The molecule has 0 aromatic heterocycles. The standard InChI is InChI=1S/C21H31N3O3/c1-21(9-11-22-12-10-21)16-23-20(26)17-7-13-24(14-8-17)19(25)15-27-18-5-3-2-4-6-18/h2-6,17,22H,7-16H2,1H3,(H,23,26). The van der Waals surface area contributed by atoms with Gasteiger partial charge in [-0.25, -0.2) is 0 Å². The SMILES string of the molecule is CC1(CNC(=O)C2CCN(C(=O)COc3ccccc3)CC2)CCNCC1. The third kappa shape index (κ3) is 5.70. The van der Waals surface area contributed by atoms with Gasteiger partial charge >= 0.3 is 0 Å². The quantitative estimate of drug-likeness (QED) is 0.798. The van der Waals surface area contributed by atoms with E-state index in [4.69, 9.17) is 4.74 Å². The summed E-state index contributed by atoms with van der Waals surface area (Å²) in [6.45, 7) is 6.34. The Bertz CT molecular complexity index is 621. The number of nitrogens with one attached hydrogen (secondary N) is 2. The van der Waals surface area contributed by atoms with Crippen LogP contribution in [0, 0.1) is 11.3 Å². The van der Waals surface area contributed by atoms with Gasteiger partial charge in [-0.3, -0.25) is 9.59 Å². The molecule has 0 atom stereocenters. The minimum Gasteiger partial charge on any atom is -0.484 e. The fraction of sp³-hybridized carbons (Fsp3) is 0.619. The molecule has 2 fully saturated rings. The molecular formula is C21H31N3O3. The molecule has 0 spiro atoms. The monoisotopic (exact) mass is 373 g/mol. The summed E-state index contributed by atoms with van der Waals surface area (Å²) in [5, 5.41) is 6.53. The van der Waals surface area contributed by atoms with Gasteiger partial charge < -0.3 is 20.3 Å². The van der Waals surface area contributed by atoms with Crippen molar-refractivity contribution in [3.8, 4) is 5.75 Å². The fourth-order valence-corrected chi connectivity index (χ4v) is 3.80. The smallest absolute Gasteiger partial charge is 0.260 e. The van der Waals surface area contributed by atoms with Crippen molar-refractivity contribution in [3.05, 3.63) is 30.3 Å². The van der Waals surface area contributed by atoms with Crippen molar-refractivity contribution < 1.29 is 14.3 Å². The largest absolute Gasteiger partial charge is 0.484 e. The van der Waals surface area contributed by atoms with Crippen molar-refractivity contribution in [1.29, 1.82) is 0 Å². The van der Waals surface area contributed by atoms with Crippen molar-refractivity contribution >= 4 is 11.8 Å². The van der Waals surface area contributed by atoms with Gasteiger partial charge in [0.2, 0.25) is 5.91 Å². The Hall–Kier alpha value is -2.08. The molecule has 2 amide bonds. The highest BCUT2D eigenvalue weighted by Crippen LogP contribution is 2.27. The molecule has 0 bridgehead atoms. The zero-order valence-corrected chi connectivity index (χ0v) is 16.2. The molecule has 0 aliphatic carbocycles. The van der Waals surface area contributed by atoms with E-state index in [1.54, 1.807) is 4.90 Å². The number of likely N-dealkylation sites (tertiary alicyclic amines) is 1. The van der Waals surface area contributed by atoms with Crippen LogP contribution in [-0.4, -0.2) is 56.0 Å². The van der Waals surface area contributed by atoms with Crippen LogP contribution in [0.2, 0.25) is 0 Å². The molecule has 0 radical (unpaired) electrons. The van der Waals surface area contributed by atoms with Gasteiger partial charge in [-0.2, -0.15) is 0 Å². The zero-order valence-electron chi connectivity index (χ0n) is 16.2. The van der Waals surface area contributed by atoms with E-state index in [9.17, 15) is 9.59 Å². The summed E-state index contributed by atoms with van der Waals surface area (Å²) in [6, 6.07) is 9.36. The second kappa shape index (κ2) is 9.22. The Labute approximate surface area is 161 Å². The van der Waals surface area contributed by atoms with Gasteiger partial charge in [0, 0.05) is 25.6 Å². The Kier molecular flexibility index (Phi) is 6.72. The number of carbonyl (C=O) groups excluding carboxylic acids is 2. The molecule has 2 aliphatic rings. The number of carbonyl (C=O) groups is 2. The second-order valence-electron chi connectivity index (χ2n) is 8.04. The molecule has 2 saturated heterocycles. The normalized spacial score (nSPS) is 20.1. The topological polar surface area (TPSA) is 70.7 Å². The van der Waals surface area contributed by atoms with E-state index in [1.807, 2.05) is 30.3 Å². The maximum atomic E-state index is 12.5. The number of hydrogen-bond acceptors (Lipinski definition) is 4. The molecule has 2 heterocycles. The number of hydrogen-bond donors (Lipinski definition) is 2. The third-order valence-corrected chi connectivity index (χ3v) is 5.82. The highest BCUT2D eigenvalue weighted by molar-refractivity contribution is 5.80. The number of nitrogens with zero attached hydrogens (tertiary/aromatic N) is 1. The number of para-hydroxylation sites is 1. The van der Waals surface area contributed by atoms with Crippen LogP contribution in [0.4, 0.5) is 0 Å². The van der Waals surface area contributed by atoms with Crippen LogP contribution in [0.15, 0.2) is 30.3 Å². The fourth-order valence-electron chi connectivity index (χ4n) is 3.80. The van der Waals surface area contributed by atoms with Crippen LogP contribution < -0.4 is 15.4 Å². The maximum Gasteiger partial charge on any atom is 0.260 e. The predicted octanol–water partition coefficient (Wildman–Crippen LogP) is 1.81. The minimum absolute atomic E-state index is 0.00871. The molecule has 2 N–H and O–H groups in total. The number of piperidine rings is 2. The van der Waals surface area contributed by atoms with E-state index in [2.05, 4.69) is 17.6 Å². The van der Waals surface area contributed by atoms with E-state index < -0.39 is 0 Å². The lowest BCUT2D eigenvalue weighted by molar-refractivity contribution is -0.137. The molecule has 0 saturated carbocycles. The van der Waals surface area contributed by atoms with E-state index in [1.165, 1.54) is 0 Å². The Morgan fingerprint density at radius 2 is 1.85 bits per heavy atom. The first-order valence-corrected chi connectivity index (χ1v) is 10.00. The molecule has 27 heavy (non-hydrogen) atoms. The number of ether oxygens (including phenoxy) is 1. The maximum absolute atomic E-state index is 12.5. The van der Waals surface area contributed by atoms with E-state index in [-0.39, 0.29) is 29.8 Å². The van der Waals surface area contributed by atoms with Crippen LogP contribution in [0.25, 0.3) is 0 Å². The van der Waals surface area contributed by atoms with Crippen molar-refractivity contribution in [3.63, 3.8) is 0 Å². The van der Waals surface area contributed by atoms with Crippen molar-refractivity contribution in [2.75, 3.05) is 39.3 Å². The average Bonchev–Trinajstić information content (AvgIpc) is 2.72. The molecular weight excluding hydrogens is 342 g/mol. The molecule has 148 valence electrons. The van der Waals surface area contributed by atoms with Crippen LogP contribution >= 0.6 is 0 Å². The van der Waals surface area contributed by atoms with Crippen LogP contribution in [0.1, 0.15) is 32.6 Å². The molecule has 6 heteroatoms. The number of rotatable bonds is 6. The Balaban J connectivity index is 1.37. The van der Waals surface area contributed by atoms with Crippen LogP contribution in [-0.2, 0) is 9.59 Å². The molecule has 3 rings (SSSR count). The summed E-state index contributed by atoms with van der Waals surface area (Å²) in [4.78, 5) is 26.6. The number of benzene rings is 1. The summed E-state index contributed by atoms with van der Waals surface area (Å²) in [7, 11) is 0. The van der Waals surface area contributed by atoms with Gasteiger partial charge in [0.1, 0.15) is 5.75 Å². The lowest BCUT2D eigenvalue weighted by Crippen LogP contribution is -2.47. The molecule has 1 aromatic rings. The van der Waals surface area contributed by atoms with Crippen molar-refractivity contribution in [1.82, 2.24) is 15.5 Å². The van der Waals surface area contributed by atoms with Crippen LogP contribution in [0.3, 0.4) is 0 Å². The first kappa shape index (κ1) is 19.7. The van der Waals surface area contributed by atoms with Crippen molar-refractivity contribution in [2.45, 2.75) is 32.6 Å². The third-order valence-electron chi connectivity index (χ3n) is 5.82. The molecule has 2 aliphatic heterocycles. The van der Waals surface area contributed by atoms with Gasteiger partial charge in [0.15, 0.2) is 6.61 Å². The van der Waals surface area contributed by atoms with Gasteiger partial charge in [0.25, 0.3) is 5.91 Å². The van der Waals surface area contributed by atoms with E-state index in [0.717, 1.165) is 45.3 Å². The lowest BCUT2D eigenvalue weighted by Gasteiger charge is -2.35. The Morgan fingerprint density at radius 3 is 2.52 bits per heavy atom. The Morgan fingerprint density at radius 1 is 1.19 bits per heavy atom. The zero-order chi connectivity index (χ0) is 19.1. The summed E-state index contributed by atoms with van der Waals surface area (Å²) >= 11 is 0. The lowest BCUT2D eigenvalue weighted by atomic mass is 9.81. The van der Waals surface area contributed by atoms with Gasteiger partial charge in [-0.05, 0) is 56.3 Å². The second-order valence-corrected chi connectivity index (χ2v) is 8.04. The van der Waals surface area contributed by atoms with Crippen LogP contribution in [0.5, 0.6) is 5.75 Å². The first-order valence-electron chi connectivity index (χ1n) is 10.00. The molecule has 6 nitrogen and oxygen atoms in total. The highest BCUT2D eigenvalue weighted by Gasteiger charge is 2.30. The highest BCUT2D eigenvalue weighted by atomic mass is 16.5. The van der Waals surface area contributed by atoms with E-state index >= 15 is 0 Å². The van der Waals surface area contributed by atoms with E-state index in [0.29, 0.717) is 18.8 Å². The summed E-state index contributed by atoms with van der Waals surface area (Å²) in [6.07, 6.45) is 3.64. The van der Waals surface area contributed by atoms with Crippen molar-refractivity contribution in [2.24, 2.45) is 11.3 Å². The number of amides is 2. The summed E-state index contributed by atoms with van der Waals surface area (Å²) in [5.74, 6) is 0.836. The molecule has 0 unspecified atom stereocenters. The predicted molar refractivity (Wildman–Crippen MR) is 104 cm³/mol. The molecule has 1 aromatic carbocycles. The van der Waals surface area contributed by atoms with Gasteiger partial charge in [-0.15, -0.1) is 0 Å². The van der Waals surface area contributed by atoms with Gasteiger partial charge in [0.05, 0.1) is 0 Å². The summed E-state index contributed by atoms with van der Waals surface area (Å²) in [5.41, 5.74) is 0.201. The first-order chi connectivity index (χ1) is 13.1. The average molecular weight is 373 g/mol. The minimum atomic E-state index is -0.0140. The van der Waals surface area contributed by atoms with Gasteiger partial charge in [-0.1, -0.05) is 25.1 Å².